The second-order valence-electron chi connectivity index (χ2n) is 5.97. The average Bonchev–Trinajstić information content (AvgIpc) is 3.12. The van der Waals surface area contributed by atoms with Crippen LogP contribution >= 0.6 is 0 Å². The van der Waals surface area contributed by atoms with Crippen molar-refractivity contribution in [3.8, 4) is 0 Å². The van der Waals surface area contributed by atoms with Crippen LogP contribution in [0, 0.1) is 20.8 Å². The number of aromatic nitrogens is 5. The van der Waals surface area contributed by atoms with Crippen molar-refractivity contribution in [1.29, 1.82) is 0 Å². The van der Waals surface area contributed by atoms with Crippen LogP contribution < -0.4 is 4.90 Å². The lowest BCUT2D eigenvalue weighted by molar-refractivity contribution is 0.239. The first-order valence-corrected chi connectivity index (χ1v) is 7.97. The normalized spacial score (nSPS) is 16.2. The van der Waals surface area contributed by atoms with Crippen LogP contribution in [-0.4, -0.2) is 56.2 Å². The first-order valence-electron chi connectivity index (χ1n) is 7.97. The summed E-state index contributed by atoms with van der Waals surface area (Å²) in [5.41, 5.74) is 1.29. The van der Waals surface area contributed by atoms with Crippen molar-refractivity contribution < 1.29 is 8.94 Å². The van der Waals surface area contributed by atoms with Gasteiger partial charge in [-0.3, -0.25) is 4.90 Å². The fraction of sp³-hybridized carbons (Fsp3) is 0.533. The van der Waals surface area contributed by atoms with E-state index in [1.54, 1.807) is 6.92 Å². The van der Waals surface area contributed by atoms with Crippen molar-refractivity contribution in [3.05, 3.63) is 23.4 Å². The lowest BCUT2D eigenvalue weighted by Gasteiger charge is -2.34. The Morgan fingerprint density at radius 2 is 1.71 bits per heavy atom. The molecule has 1 aliphatic heterocycles. The molecule has 0 aliphatic carbocycles. The molecule has 4 heterocycles. The highest BCUT2D eigenvalue weighted by molar-refractivity contribution is 5.82. The molecule has 3 aromatic rings. The molecule has 0 N–H and O–H groups in total. The number of fused-ring (bicyclic) bond motifs is 1. The highest BCUT2D eigenvalue weighted by atomic mass is 16.5. The molecule has 0 amide bonds. The third-order valence-electron chi connectivity index (χ3n) is 4.07. The summed E-state index contributed by atoms with van der Waals surface area (Å²) in [6.07, 6.45) is 0. The fourth-order valence-electron chi connectivity index (χ4n) is 2.96. The summed E-state index contributed by atoms with van der Waals surface area (Å²) in [4.78, 5) is 22.1. The lowest BCUT2D eigenvalue weighted by atomic mass is 10.3. The molecule has 9 heteroatoms. The van der Waals surface area contributed by atoms with Gasteiger partial charge in [-0.2, -0.15) is 9.97 Å². The molecule has 1 saturated heterocycles. The van der Waals surface area contributed by atoms with Gasteiger partial charge < -0.3 is 13.8 Å². The summed E-state index contributed by atoms with van der Waals surface area (Å²) in [6, 6.07) is 0. The minimum atomic E-state index is 0.555. The highest BCUT2D eigenvalue weighted by Crippen LogP contribution is 2.25. The van der Waals surface area contributed by atoms with Gasteiger partial charge in [0.05, 0.1) is 6.54 Å². The maximum Gasteiger partial charge on any atom is 0.252 e. The Kier molecular flexibility index (Phi) is 3.64. The molecule has 0 bridgehead atoms. The van der Waals surface area contributed by atoms with E-state index in [0.29, 0.717) is 29.9 Å². The van der Waals surface area contributed by atoms with E-state index in [2.05, 4.69) is 34.9 Å². The van der Waals surface area contributed by atoms with E-state index in [4.69, 9.17) is 8.94 Å². The molecule has 24 heavy (non-hydrogen) atoms. The molecule has 0 radical (unpaired) electrons. The van der Waals surface area contributed by atoms with Gasteiger partial charge in [-0.1, -0.05) is 5.16 Å². The summed E-state index contributed by atoms with van der Waals surface area (Å²) in [6.45, 7) is 9.71. The minimum absolute atomic E-state index is 0.555. The number of nitrogens with zero attached hydrogens (tertiary/aromatic N) is 7. The molecule has 0 aromatic carbocycles. The van der Waals surface area contributed by atoms with Crippen LogP contribution in [0.5, 0.6) is 0 Å². The van der Waals surface area contributed by atoms with Crippen LogP contribution in [0.1, 0.15) is 23.4 Å². The van der Waals surface area contributed by atoms with Crippen molar-refractivity contribution in [2.45, 2.75) is 27.3 Å². The van der Waals surface area contributed by atoms with Gasteiger partial charge in [0.25, 0.3) is 5.71 Å². The van der Waals surface area contributed by atoms with Crippen LogP contribution in [-0.2, 0) is 6.54 Å². The zero-order valence-electron chi connectivity index (χ0n) is 14.0. The van der Waals surface area contributed by atoms with E-state index in [1.807, 2.05) is 13.8 Å². The number of rotatable bonds is 3. The summed E-state index contributed by atoms with van der Waals surface area (Å²) in [5.74, 6) is 3.48. The molecule has 0 spiro atoms. The standard InChI is InChI=1S/C15H19N7O2/c1-9-16-14(13-15(17-9)23-10(2)19-13)22-6-4-21(5-7-22)8-12-18-11(3)24-20-12/h4-8H2,1-3H3. The molecule has 0 saturated carbocycles. The first-order chi connectivity index (χ1) is 11.6. The number of aryl methyl sites for hydroxylation is 3. The maximum absolute atomic E-state index is 5.56. The monoisotopic (exact) mass is 329 g/mol. The molecular formula is C15H19N7O2. The maximum atomic E-state index is 5.56. The topological polar surface area (TPSA) is 97.2 Å². The highest BCUT2D eigenvalue weighted by Gasteiger charge is 2.23. The Labute approximate surface area is 138 Å². The van der Waals surface area contributed by atoms with E-state index < -0.39 is 0 Å². The number of anilines is 1. The van der Waals surface area contributed by atoms with Crippen molar-refractivity contribution in [2.75, 3.05) is 31.1 Å². The number of hydrogen-bond acceptors (Lipinski definition) is 9. The fourth-order valence-corrected chi connectivity index (χ4v) is 2.96. The lowest BCUT2D eigenvalue weighted by Crippen LogP contribution is -2.46. The van der Waals surface area contributed by atoms with Crippen LogP contribution in [0.4, 0.5) is 5.82 Å². The molecule has 0 atom stereocenters. The van der Waals surface area contributed by atoms with Gasteiger partial charge in [0.15, 0.2) is 23.0 Å². The van der Waals surface area contributed by atoms with Crippen LogP contribution in [0.3, 0.4) is 0 Å². The molecule has 9 nitrogen and oxygen atoms in total. The van der Waals surface area contributed by atoms with Crippen molar-refractivity contribution >= 4 is 17.0 Å². The minimum Gasteiger partial charge on any atom is -0.422 e. The largest absolute Gasteiger partial charge is 0.422 e. The molecule has 126 valence electrons. The second-order valence-corrected chi connectivity index (χ2v) is 5.97. The van der Waals surface area contributed by atoms with Crippen LogP contribution in [0.25, 0.3) is 11.2 Å². The van der Waals surface area contributed by atoms with Gasteiger partial charge in [0, 0.05) is 40.0 Å². The molecule has 0 unspecified atom stereocenters. The first kappa shape index (κ1) is 15.0. The quantitative estimate of drug-likeness (QED) is 0.703. The summed E-state index contributed by atoms with van der Waals surface area (Å²) >= 11 is 0. The number of hydrogen-bond donors (Lipinski definition) is 0. The predicted molar refractivity (Wildman–Crippen MR) is 85.6 cm³/mol. The Balaban J connectivity index is 1.49. The Hall–Kier alpha value is -2.55. The third kappa shape index (κ3) is 2.82. The predicted octanol–water partition coefficient (Wildman–Crippen LogP) is 1.25. The summed E-state index contributed by atoms with van der Waals surface area (Å²) in [7, 11) is 0. The summed E-state index contributed by atoms with van der Waals surface area (Å²) < 4.78 is 10.6. The van der Waals surface area contributed by atoms with E-state index in [1.165, 1.54) is 0 Å². The smallest absolute Gasteiger partial charge is 0.252 e. The Morgan fingerprint density at radius 3 is 2.42 bits per heavy atom. The SMILES string of the molecule is Cc1nc(N2CCN(Cc3noc(C)n3)CC2)c2nc(C)oc2n1. The Morgan fingerprint density at radius 1 is 0.917 bits per heavy atom. The van der Waals surface area contributed by atoms with Crippen molar-refractivity contribution in [3.63, 3.8) is 0 Å². The average molecular weight is 329 g/mol. The van der Waals surface area contributed by atoms with Crippen LogP contribution in [0.15, 0.2) is 8.94 Å². The van der Waals surface area contributed by atoms with Gasteiger partial charge in [-0.05, 0) is 6.92 Å². The molecular weight excluding hydrogens is 310 g/mol. The third-order valence-corrected chi connectivity index (χ3v) is 4.07. The molecule has 3 aromatic heterocycles. The van der Waals surface area contributed by atoms with E-state index in [0.717, 1.165) is 43.3 Å². The number of piperazine rings is 1. The van der Waals surface area contributed by atoms with Gasteiger partial charge >= 0.3 is 0 Å². The van der Waals surface area contributed by atoms with E-state index >= 15 is 0 Å². The van der Waals surface area contributed by atoms with Gasteiger partial charge in [-0.15, -0.1) is 0 Å². The van der Waals surface area contributed by atoms with E-state index in [-0.39, 0.29) is 0 Å². The molecule has 1 aliphatic rings. The zero-order valence-corrected chi connectivity index (χ0v) is 14.0. The van der Waals surface area contributed by atoms with Gasteiger partial charge in [-0.25, -0.2) is 9.97 Å². The number of oxazole rings is 1. The zero-order chi connectivity index (χ0) is 16.7. The summed E-state index contributed by atoms with van der Waals surface area (Å²) in [5, 5.41) is 3.96. The van der Waals surface area contributed by atoms with Crippen LogP contribution in [0.2, 0.25) is 0 Å². The van der Waals surface area contributed by atoms with Crippen molar-refractivity contribution in [2.24, 2.45) is 0 Å². The van der Waals surface area contributed by atoms with Crippen molar-refractivity contribution in [1.82, 2.24) is 30.0 Å². The Bertz CT molecular complexity index is 864. The second kappa shape index (κ2) is 5.82. The molecule has 4 rings (SSSR count). The van der Waals surface area contributed by atoms with E-state index in [9.17, 15) is 0 Å². The molecule has 1 fully saturated rings. The van der Waals surface area contributed by atoms with Gasteiger partial charge in [0.2, 0.25) is 5.89 Å². The van der Waals surface area contributed by atoms with Gasteiger partial charge in [0.1, 0.15) is 5.82 Å².